The first-order valence-electron chi connectivity index (χ1n) is 14.1. The van der Waals surface area contributed by atoms with E-state index in [1.807, 2.05) is 121 Å². The molecule has 2 N–H and O–H groups in total. The number of hydrogen-bond acceptors (Lipinski definition) is 6. The van der Waals surface area contributed by atoms with Crippen molar-refractivity contribution in [2.24, 2.45) is 10.8 Å². The van der Waals surface area contributed by atoms with Crippen LogP contribution in [-0.2, 0) is 45.4 Å². The lowest BCUT2D eigenvalue weighted by Crippen LogP contribution is -2.68. The minimum absolute atomic E-state index is 0.293. The summed E-state index contributed by atoms with van der Waals surface area (Å²) in [6, 6.07) is 38.1. The van der Waals surface area contributed by atoms with Crippen LogP contribution in [0.15, 0.2) is 126 Å². The second kappa shape index (κ2) is 15.3. The van der Waals surface area contributed by atoms with E-state index in [1.54, 1.807) is 0 Å². The van der Waals surface area contributed by atoms with Gasteiger partial charge < -0.3 is 24.7 Å². The third-order valence-electron chi connectivity index (χ3n) is 7.41. The molecule has 0 unspecified atom stereocenters. The van der Waals surface area contributed by atoms with Crippen molar-refractivity contribution in [3.63, 3.8) is 0 Å². The lowest BCUT2D eigenvalue weighted by atomic mass is 9.81. The quantitative estimate of drug-likeness (QED) is 0.116. The topological polar surface area (TPSA) is 112 Å². The zero-order chi connectivity index (χ0) is 29.0. The van der Waals surface area contributed by atoms with Gasteiger partial charge in [0.15, 0.2) is 0 Å². The normalized spacial score (nSPS) is 23.6. The van der Waals surface area contributed by atoms with Crippen molar-refractivity contribution in [3.8, 4) is 0 Å². The smallest absolute Gasteiger partial charge is 0.114 e. The SMILES string of the molecule is [N-]=[N+]=N[C@H]1[C@H](N)[C@H](OCc2ccccc2)[C@@H](OCc2ccccc2)[C@H](OCc2ccccc2)[C@H]1OCc1ccccc1. The molecule has 0 aromatic heterocycles. The van der Waals surface area contributed by atoms with E-state index < -0.39 is 36.5 Å². The van der Waals surface area contributed by atoms with Gasteiger partial charge in [-0.2, -0.15) is 0 Å². The van der Waals surface area contributed by atoms with Crippen LogP contribution in [0.1, 0.15) is 22.3 Å². The monoisotopic (exact) mass is 564 g/mol. The molecule has 1 saturated carbocycles. The van der Waals surface area contributed by atoms with Crippen LogP contribution >= 0.6 is 0 Å². The largest absolute Gasteiger partial charge is 0.370 e. The van der Waals surface area contributed by atoms with Crippen molar-refractivity contribution in [3.05, 3.63) is 154 Å². The van der Waals surface area contributed by atoms with Gasteiger partial charge in [-0.25, -0.2) is 0 Å². The van der Waals surface area contributed by atoms with Crippen molar-refractivity contribution in [2.45, 2.75) is 62.9 Å². The molecule has 5 rings (SSSR count). The first-order chi connectivity index (χ1) is 20.7. The average molecular weight is 565 g/mol. The molecule has 1 fully saturated rings. The summed E-state index contributed by atoms with van der Waals surface area (Å²) in [5.74, 6) is 0. The van der Waals surface area contributed by atoms with Gasteiger partial charge in [-0.15, -0.1) is 0 Å². The molecule has 0 bridgehead atoms. The Hall–Kier alpha value is -4.01. The second-order valence-corrected chi connectivity index (χ2v) is 10.3. The molecule has 0 aliphatic heterocycles. The fourth-order valence-electron chi connectivity index (χ4n) is 5.25. The Bertz CT molecular complexity index is 1390. The van der Waals surface area contributed by atoms with Crippen LogP contribution in [0.2, 0.25) is 0 Å². The van der Waals surface area contributed by atoms with Gasteiger partial charge in [0, 0.05) is 11.0 Å². The summed E-state index contributed by atoms with van der Waals surface area (Å²) in [4.78, 5) is 3.15. The molecule has 4 aromatic rings. The Morgan fingerprint density at radius 1 is 0.500 bits per heavy atom. The summed E-state index contributed by atoms with van der Waals surface area (Å²) in [7, 11) is 0. The molecule has 8 nitrogen and oxygen atoms in total. The third kappa shape index (κ3) is 7.84. The van der Waals surface area contributed by atoms with Crippen molar-refractivity contribution in [1.29, 1.82) is 0 Å². The van der Waals surface area contributed by atoms with E-state index in [1.165, 1.54) is 0 Å². The van der Waals surface area contributed by atoms with Crippen molar-refractivity contribution >= 4 is 0 Å². The van der Waals surface area contributed by atoms with Crippen molar-refractivity contribution < 1.29 is 18.9 Å². The van der Waals surface area contributed by atoms with Crippen LogP contribution in [0, 0.1) is 0 Å². The van der Waals surface area contributed by atoms with Gasteiger partial charge in [0.25, 0.3) is 0 Å². The molecule has 0 amide bonds. The summed E-state index contributed by atoms with van der Waals surface area (Å²) in [5.41, 5.74) is 20.4. The first-order valence-corrected chi connectivity index (χ1v) is 14.1. The fraction of sp³-hybridized carbons (Fsp3) is 0.294. The molecular formula is C34H36N4O4. The molecule has 42 heavy (non-hydrogen) atoms. The number of nitrogens with zero attached hydrogens (tertiary/aromatic N) is 3. The average Bonchev–Trinajstić information content (AvgIpc) is 3.05. The Morgan fingerprint density at radius 2 is 0.810 bits per heavy atom. The third-order valence-corrected chi connectivity index (χ3v) is 7.41. The van der Waals surface area contributed by atoms with Crippen LogP contribution in [0.5, 0.6) is 0 Å². The highest BCUT2D eigenvalue weighted by Gasteiger charge is 2.52. The Morgan fingerprint density at radius 3 is 1.17 bits per heavy atom. The zero-order valence-electron chi connectivity index (χ0n) is 23.4. The van der Waals surface area contributed by atoms with E-state index >= 15 is 0 Å². The maximum atomic E-state index is 9.58. The molecule has 1 aliphatic rings. The Balaban J connectivity index is 1.48. The summed E-state index contributed by atoms with van der Waals surface area (Å²) in [6.07, 6.45) is -2.58. The number of nitrogens with two attached hydrogens (primary N) is 1. The van der Waals surface area contributed by atoms with Gasteiger partial charge in [0.05, 0.1) is 38.6 Å². The minimum Gasteiger partial charge on any atom is -0.370 e. The minimum atomic E-state index is -0.753. The van der Waals surface area contributed by atoms with Crippen molar-refractivity contribution in [1.82, 2.24) is 0 Å². The van der Waals surface area contributed by atoms with Crippen LogP contribution in [0.25, 0.3) is 10.4 Å². The Kier molecular flexibility index (Phi) is 10.7. The summed E-state index contributed by atoms with van der Waals surface area (Å²) < 4.78 is 26.2. The Labute approximate surface area is 246 Å². The molecule has 216 valence electrons. The van der Waals surface area contributed by atoms with E-state index in [2.05, 4.69) is 10.0 Å². The van der Waals surface area contributed by atoms with E-state index in [0.29, 0.717) is 26.4 Å². The molecule has 0 heterocycles. The van der Waals surface area contributed by atoms with Gasteiger partial charge in [0.2, 0.25) is 0 Å². The van der Waals surface area contributed by atoms with Gasteiger partial charge in [0.1, 0.15) is 18.3 Å². The number of ether oxygens (including phenoxy) is 4. The van der Waals surface area contributed by atoms with Crippen molar-refractivity contribution in [2.75, 3.05) is 0 Å². The molecule has 0 saturated heterocycles. The van der Waals surface area contributed by atoms with Crippen LogP contribution in [0.4, 0.5) is 0 Å². The molecule has 0 radical (unpaired) electrons. The summed E-state index contributed by atoms with van der Waals surface area (Å²) in [5, 5.41) is 4.14. The molecular weight excluding hydrogens is 528 g/mol. The lowest BCUT2D eigenvalue weighted by molar-refractivity contribution is -0.223. The zero-order valence-corrected chi connectivity index (χ0v) is 23.4. The number of hydrogen-bond donors (Lipinski definition) is 1. The molecule has 6 atom stereocenters. The van der Waals surface area contributed by atoms with E-state index in [9.17, 15) is 5.53 Å². The van der Waals surface area contributed by atoms with Crippen LogP contribution in [0.3, 0.4) is 0 Å². The maximum absolute atomic E-state index is 9.58. The van der Waals surface area contributed by atoms with E-state index in [0.717, 1.165) is 22.3 Å². The highest BCUT2D eigenvalue weighted by atomic mass is 16.6. The number of azide groups is 1. The van der Waals surface area contributed by atoms with Crippen LogP contribution < -0.4 is 5.73 Å². The molecule has 1 aliphatic carbocycles. The second-order valence-electron chi connectivity index (χ2n) is 10.3. The van der Waals surface area contributed by atoms with Crippen LogP contribution in [-0.4, -0.2) is 36.5 Å². The van der Waals surface area contributed by atoms with Gasteiger partial charge >= 0.3 is 0 Å². The molecule has 8 heteroatoms. The summed E-state index contributed by atoms with van der Waals surface area (Å²) in [6.45, 7) is 1.24. The van der Waals surface area contributed by atoms with E-state index in [4.69, 9.17) is 24.7 Å². The van der Waals surface area contributed by atoms with E-state index in [-0.39, 0.29) is 0 Å². The summed E-state index contributed by atoms with van der Waals surface area (Å²) >= 11 is 0. The first kappa shape index (κ1) is 29.5. The number of benzene rings is 4. The predicted octanol–water partition coefficient (Wildman–Crippen LogP) is 6.35. The highest BCUT2D eigenvalue weighted by molar-refractivity contribution is 5.18. The standard InChI is InChI=1S/C34H36N4O4/c35-29-30(37-38-36)32(40-22-26-15-7-2-8-16-26)34(42-24-28-19-11-4-12-20-28)33(41-23-27-17-9-3-10-18-27)31(29)39-21-25-13-5-1-6-14-25/h1-20,29-34H,21-24,35H2/t29-,30-,31-,32-,33+,34+/m0/s1. The maximum Gasteiger partial charge on any atom is 0.114 e. The molecule has 0 spiro atoms. The fourth-order valence-corrected chi connectivity index (χ4v) is 5.25. The predicted molar refractivity (Wildman–Crippen MR) is 161 cm³/mol. The lowest BCUT2D eigenvalue weighted by Gasteiger charge is -2.48. The highest BCUT2D eigenvalue weighted by Crippen LogP contribution is 2.33. The number of rotatable bonds is 13. The van der Waals surface area contributed by atoms with Gasteiger partial charge in [-0.3, -0.25) is 0 Å². The van der Waals surface area contributed by atoms with Gasteiger partial charge in [-0.05, 0) is 27.8 Å². The molecule has 4 aromatic carbocycles. The van der Waals surface area contributed by atoms with Gasteiger partial charge in [-0.1, -0.05) is 126 Å².